The van der Waals surface area contributed by atoms with Gasteiger partial charge in [0, 0.05) is 35.6 Å². The first-order chi connectivity index (χ1) is 11.6. The van der Waals surface area contributed by atoms with E-state index < -0.39 is 5.82 Å². The monoisotopic (exact) mass is 325 g/mol. The van der Waals surface area contributed by atoms with Gasteiger partial charge in [0.25, 0.3) is 0 Å². The molecule has 0 aliphatic carbocycles. The van der Waals surface area contributed by atoms with E-state index in [1.807, 2.05) is 19.1 Å². The first-order valence-electron chi connectivity index (χ1n) is 7.61. The zero-order chi connectivity index (χ0) is 16.7. The van der Waals surface area contributed by atoms with E-state index >= 15 is 0 Å². The fourth-order valence-electron chi connectivity index (χ4n) is 2.84. The topological polar surface area (TPSA) is 88.9 Å². The number of nitrogens with zero attached hydrogens (tertiary/aromatic N) is 2. The highest BCUT2D eigenvalue weighted by Gasteiger charge is 2.20. The van der Waals surface area contributed by atoms with Crippen LogP contribution >= 0.6 is 0 Å². The standard InChI is InChI=1S/C17H16FN5O/c1-9-6-10(2-3-20-9)15-16(23-17(19)22-15)11-7-13-14(8-12(11)18)24-5-4-21-13/h2-3,6-8,21H,4-5H2,1H3,(H3,19,22,23). The van der Waals surface area contributed by atoms with E-state index in [9.17, 15) is 4.39 Å². The van der Waals surface area contributed by atoms with Gasteiger partial charge in [0.1, 0.15) is 23.9 Å². The van der Waals surface area contributed by atoms with Gasteiger partial charge < -0.3 is 20.8 Å². The molecule has 1 aliphatic rings. The summed E-state index contributed by atoms with van der Waals surface area (Å²) in [6.07, 6.45) is 1.70. The molecule has 24 heavy (non-hydrogen) atoms. The van der Waals surface area contributed by atoms with Crippen molar-refractivity contribution in [1.82, 2.24) is 15.0 Å². The Kier molecular flexibility index (Phi) is 3.34. The summed E-state index contributed by atoms with van der Waals surface area (Å²) >= 11 is 0. The van der Waals surface area contributed by atoms with Crippen LogP contribution in [-0.2, 0) is 0 Å². The van der Waals surface area contributed by atoms with Crippen molar-refractivity contribution in [3.63, 3.8) is 0 Å². The Morgan fingerprint density at radius 1 is 1.29 bits per heavy atom. The van der Waals surface area contributed by atoms with E-state index in [2.05, 4.69) is 20.3 Å². The Bertz CT molecular complexity index is 921. The summed E-state index contributed by atoms with van der Waals surface area (Å²) in [5.41, 5.74) is 9.77. The van der Waals surface area contributed by atoms with Gasteiger partial charge in [-0.25, -0.2) is 9.37 Å². The first kappa shape index (κ1) is 14.5. The lowest BCUT2D eigenvalue weighted by atomic mass is 10.0. The Morgan fingerprint density at radius 2 is 2.17 bits per heavy atom. The third-order valence-corrected chi connectivity index (χ3v) is 3.91. The minimum Gasteiger partial charge on any atom is -0.489 e. The lowest BCUT2D eigenvalue weighted by Gasteiger charge is -2.20. The lowest BCUT2D eigenvalue weighted by Crippen LogP contribution is -2.18. The van der Waals surface area contributed by atoms with Crippen LogP contribution < -0.4 is 15.8 Å². The molecule has 0 unspecified atom stereocenters. The summed E-state index contributed by atoms with van der Waals surface area (Å²) in [6, 6.07) is 6.81. The molecule has 3 heterocycles. The van der Waals surface area contributed by atoms with E-state index in [4.69, 9.17) is 10.5 Å². The summed E-state index contributed by atoms with van der Waals surface area (Å²) < 4.78 is 20.1. The molecule has 122 valence electrons. The Balaban J connectivity index is 1.89. The summed E-state index contributed by atoms with van der Waals surface area (Å²) in [5, 5.41) is 3.20. The first-order valence-corrected chi connectivity index (χ1v) is 7.61. The molecular weight excluding hydrogens is 309 g/mol. The van der Waals surface area contributed by atoms with Gasteiger partial charge in [-0.05, 0) is 25.1 Å². The number of H-pyrrole nitrogens is 1. The van der Waals surface area contributed by atoms with Crippen LogP contribution in [0.4, 0.5) is 16.0 Å². The fourth-order valence-corrected chi connectivity index (χ4v) is 2.84. The second-order valence-electron chi connectivity index (χ2n) is 5.64. The van der Waals surface area contributed by atoms with Crippen molar-refractivity contribution in [3.05, 3.63) is 42.0 Å². The average Bonchev–Trinajstić information content (AvgIpc) is 2.96. The van der Waals surface area contributed by atoms with Crippen molar-refractivity contribution in [1.29, 1.82) is 0 Å². The van der Waals surface area contributed by atoms with Gasteiger partial charge in [0.2, 0.25) is 0 Å². The van der Waals surface area contributed by atoms with Crippen LogP contribution in [0, 0.1) is 12.7 Å². The van der Waals surface area contributed by atoms with Gasteiger partial charge in [-0.3, -0.25) is 4.98 Å². The number of nitrogen functional groups attached to an aromatic ring is 1. The van der Waals surface area contributed by atoms with E-state index in [1.165, 1.54) is 6.07 Å². The number of pyridine rings is 1. The van der Waals surface area contributed by atoms with E-state index in [1.54, 1.807) is 12.3 Å². The normalized spacial score (nSPS) is 13.1. The molecule has 4 rings (SSSR count). The number of aromatic nitrogens is 3. The molecule has 0 saturated heterocycles. The molecular formula is C17H16FN5O. The minimum absolute atomic E-state index is 0.232. The number of benzene rings is 1. The Hall–Kier alpha value is -3.09. The number of imidazole rings is 1. The van der Waals surface area contributed by atoms with Gasteiger partial charge in [-0.2, -0.15) is 0 Å². The second-order valence-corrected chi connectivity index (χ2v) is 5.64. The van der Waals surface area contributed by atoms with Gasteiger partial charge >= 0.3 is 0 Å². The largest absolute Gasteiger partial charge is 0.489 e. The predicted molar refractivity (Wildman–Crippen MR) is 90.3 cm³/mol. The molecule has 4 N–H and O–H groups in total. The molecule has 1 aliphatic heterocycles. The number of ether oxygens (including phenoxy) is 1. The van der Waals surface area contributed by atoms with Crippen molar-refractivity contribution in [3.8, 4) is 28.3 Å². The molecule has 2 aromatic heterocycles. The maximum Gasteiger partial charge on any atom is 0.198 e. The summed E-state index contributed by atoms with van der Waals surface area (Å²) in [7, 11) is 0. The number of fused-ring (bicyclic) bond motifs is 1. The summed E-state index contributed by atoms with van der Waals surface area (Å²) in [6.45, 7) is 3.09. The number of halogens is 1. The van der Waals surface area contributed by atoms with Crippen LogP contribution in [0.1, 0.15) is 5.69 Å². The van der Waals surface area contributed by atoms with Crippen molar-refractivity contribution in [2.24, 2.45) is 0 Å². The zero-order valence-electron chi connectivity index (χ0n) is 13.1. The molecule has 0 saturated carbocycles. The number of nitrogens with two attached hydrogens (primary N) is 1. The van der Waals surface area contributed by atoms with Crippen LogP contribution in [0.25, 0.3) is 22.5 Å². The van der Waals surface area contributed by atoms with Crippen molar-refractivity contribution < 1.29 is 9.13 Å². The molecule has 0 atom stereocenters. The van der Waals surface area contributed by atoms with Gasteiger partial charge in [-0.15, -0.1) is 0 Å². The number of nitrogens with one attached hydrogen (secondary N) is 2. The second kappa shape index (κ2) is 5.52. The number of hydrogen-bond acceptors (Lipinski definition) is 5. The maximum atomic E-state index is 14.6. The molecule has 0 amide bonds. The van der Waals surface area contributed by atoms with Gasteiger partial charge in [0.05, 0.1) is 11.4 Å². The number of aryl methyl sites for hydroxylation is 1. The van der Waals surface area contributed by atoms with E-state index in [0.29, 0.717) is 35.9 Å². The molecule has 0 bridgehead atoms. The molecule has 0 fully saturated rings. The highest BCUT2D eigenvalue weighted by Crippen LogP contribution is 2.38. The molecule has 3 aromatic rings. The lowest BCUT2D eigenvalue weighted by molar-refractivity contribution is 0.321. The van der Waals surface area contributed by atoms with Crippen molar-refractivity contribution in [2.75, 3.05) is 24.2 Å². The molecule has 1 aromatic carbocycles. The van der Waals surface area contributed by atoms with E-state index in [-0.39, 0.29) is 5.95 Å². The molecule has 0 radical (unpaired) electrons. The highest BCUT2D eigenvalue weighted by atomic mass is 19.1. The smallest absolute Gasteiger partial charge is 0.198 e. The predicted octanol–water partition coefficient (Wildman–Crippen LogP) is 2.97. The van der Waals surface area contributed by atoms with Crippen LogP contribution in [0.2, 0.25) is 0 Å². The van der Waals surface area contributed by atoms with Crippen molar-refractivity contribution in [2.45, 2.75) is 6.92 Å². The van der Waals surface area contributed by atoms with E-state index in [0.717, 1.165) is 16.9 Å². The van der Waals surface area contributed by atoms with Crippen LogP contribution in [0.5, 0.6) is 5.75 Å². The number of anilines is 2. The SMILES string of the molecule is Cc1cc(-c2[nH]c(N)nc2-c2cc3c(cc2F)OCCN3)ccn1. The number of rotatable bonds is 2. The van der Waals surface area contributed by atoms with Gasteiger partial charge in [0.15, 0.2) is 5.95 Å². The minimum atomic E-state index is -0.407. The zero-order valence-corrected chi connectivity index (χ0v) is 13.1. The average molecular weight is 325 g/mol. The Morgan fingerprint density at radius 3 is 3.00 bits per heavy atom. The number of aromatic amines is 1. The van der Waals surface area contributed by atoms with Crippen LogP contribution in [-0.4, -0.2) is 28.1 Å². The molecule has 7 heteroatoms. The van der Waals surface area contributed by atoms with Crippen LogP contribution in [0.15, 0.2) is 30.5 Å². The van der Waals surface area contributed by atoms with Crippen LogP contribution in [0.3, 0.4) is 0 Å². The van der Waals surface area contributed by atoms with Gasteiger partial charge in [-0.1, -0.05) is 0 Å². The number of hydrogen-bond donors (Lipinski definition) is 3. The highest BCUT2D eigenvalue weighted by molar-refractivity contribution is 5.82. The third kappa shape index (κ3) is 2.44. The summed E-state index contributed by atoms with van der Waals surface area (Å²) in [4.78, 5) is 11.5. The maximum absolute atomic E-state index is 14.6. The summed E-state index contributed by atoms with van der Waals surface area (Å²) in [5.74, 6) is 0.332. The fraction of sp³-hybridized carbons (Fsp3) is 0.176. The van der Waals surface area contributed by atoms with Crippen molar-refractivity contribution >= 4 is 11.6 Å². The molecule has 0 spiro atoms. The molecule has 6 nitrogen and oxygen atoms in total. The third-order valence-electron chi connectivity index (χ3n) is 3.91. The quantitative estimate of drug-likeness (QED) is 0.674. The Labute approximate surface area is 137 Å².